The maximum atomic E-state index is 14.6. The second kappa shape index (κ2) is 14.4. The lowest BCUT2D eigenvalue weighted by molar-refractivity contribution is -0.154. The van der Waals surface area contributed by atoms with E-state index >= 15 is 0 Å². The van der Waals surface area contributed by atoms with Gasteiger partial charge in [0.25, 0.3) is 0 Å². The monoisotopic (exact) mass is 646 g/mol. The van der Waals surface area contributed by atoms with Gasteiger partial charge in [-0.15, -0.1) is 24.9 Å². The number of thioether (sulfide) groups is 1. The van der Waals surface area contributed by atoms with Gasteiger partial charge in [-0.1, -0.05) is 78.2 Å². The molecule has 1 N–H and O–H groups in total. The van der Waals surface area contributed by atoms with Gasteiger partial charge >= 0.3 is 5.97 Å². The van der Waals surface area contributed by atoms with Crippen molar-refractivity contribution in [1.82, 2.24) is 9.80 Å². The fourth-order valence-electron chi connectivity index (χ4n) is 6.82. The Labute approximate surface area is 256 Å². The fourth-order valence-corrected chi connectivity index (χ4v) is 10.4. The normalized spacial score (nSPS) is 28.8. The number of fused-ring (bicyclic) bond motifs is 1. The molecule has 1 aromatic rings. The first kappa shape index (κ1) is 31.8. The van der Waals surface area contributed by atoms with Crippen LogP contribution in [0, 0.1) is 11.8 Å². The minimum atomic E-state index is -0.795. The number of benzene rings is 1. The second-order valence-corrected chi connectivity index (χ2v) is 14.0. The number of carbonyl (C=O) groups is 3. The van der Waals surface area contributed by atoms with Crippen LogP contribution in [0.1, 0.15) is 51.0 Å². The number of alkyl halides is 1. The number of carbonyl (C=O) groups excluding carboxylic acids is 3. The molecule has 0 aliphatic carbocycles. The Hall–Kier alpha value is -2.10. The number of amides is 2. The number of likely N-dealkylation sites (tertiary alicyclic amines) is 1. The van der Waals surface area contributed by atoms with Gasteiger partial charge in [0.15, 0.2) is 0 Å². The molecule has 2 amide bonds. The van der Waals surface area contributed by atoms with Crippen LogP contribution in [0.15, 0.2) is 55.6 Å². The number of aliphatic hydroxyl groups excluding tert-OH is 1. The molecule has 3 unspecified atom stereocenters. The number of esters is 1. The minimum Gasteiger partial charge on any atom is -0.465 e. The summed E-state index contributed by atoms with van der Waals surface area (Å²) >= 11 is 5.41. The molecule has 2 bridgehead atoms. The molecular formula is C32H43BrN2O5S. The van der Waals surface area contributed by atoms with E-state index in [-0.39, 0.29) is 41.1 Å². The molecule has 224 valence electrons. The van der Waals surface area contributed by atoms with Gasteiger partial charge < -0.3 is 19.6 Å². The standard InChI is InChI=1S/C32H43BrN2O5S/c1-4-7-12-17-34(16-6-3)30(38)28-32-20-24(33)27(41-32)25(31(39)40-18-13-8-5-2)26(32)29(37)35(28)23(21-36)19-22-14-10-9-11-15-22/h5-6,9-11,14-15,23-28,36H,2-4,7-8,12-13,16-21H2,1H3/t23-,24?,25+,26+,27+,28?,32?/m1/s1. The smallest absolute Gasteiger partial charge is 0.310 e. The predicted octanol–water partition coefficient (Wildman–Crippen LogP) is 4.77. The van der Waals surface area contributed by atoms with Crippen molar-refractivity contribution in [3.05, 3.63) is 61.2 Å². The molecule has 3 heterocycles. The zero-order chi connectivity index (χ0) is 29.6. The van der Waals surface area contributed by atoms with Crippen LogP contribution in [-0.4, -0.2) is 85.9 Å². The van der Waals surface area contributed by atoms with Crippen LogP contribution >= 0.6 is 27.7 Å². The van der Waals surface area contributed by atoms with E-state index in [1.807, 2.05) is 30.3 Å². The van der Waals surface area contributed by atoms with E-state index in [1.54, 1.807) is 33.7 Å². The lowest BCUT2D eigenvalue weighted by Crippen LogP contribution is -2.58. The Morgan fingerprint density at radius 2 is 2.00 bits per heavy atom. The summed E-state index contributed by atoms with van der Waals surface area (Å²) in [5.41, 5.74) is 0.972. The lowest BCUT2D eigenvalue weighted by atomic mass is 9.71. The molecular weight excluding hydrogens is 604 g/mol. The van der Waals surface area contributed by atoms with E-state index in [2.05, 4.69) is 36.0 Å². The molecule has 1 spiro atoms. The van der Waals surface area contributed by atoms with Gasteiger partial charge in [-0.2, -0.15) is 0 Å². The molecule has 7 atom stereocenters. The van der Waals surface area contributed by atoms with Gasteiger partial charge in [0.2, 0.25) is 11.8 Å². The summed E-state index contributed by atoms with van der Waals surface area (Å²) in [5.74, 6) is -2.07. The molecule has 0 saturated carbocycles. The zero-order valence-electron chi connectivity index (χ0n) is 24.0. The number of hydrogen-bond donors (Lipinski definition) is 1. The van der Waals surface area contributed by atoms with E-state index in [0.29, 0.717) is 32.4 Å². The molecule has 0 aromatic heterocycles. The van der Waals surface area contributed by atoms with Gasteiger partial charge in [-0.05, 0) is 37.7 Å². The third-order valence-electron chi connectivity index (χ3n) is 8.64. The second-order valence-electron chi connectivity index (χ2n) is 11.3. The Morgan fingerprint density at radius 3 is 2.66 bits per heavy atom. The molecule has 3 saturated heterocycles. The first-order chi connectivity index (χ1) is 19.8. The molecule has 9 heteroatoms. The number of nitrogens with zero attached hydrogens (tertiary/aromatic N) is 2. The van der Waals surface area contributed by atoms with Crippen molar-refractivity contribution >= 4 is 45.5 Å². The highest BCUT2D eigenvalue weighted by Crippen LogP contribution is 2.68. The van der Waals surface area contributed by atoms with Gasteiger partial charge in [-0.25, -0.2) is 0 Å². The molecule has 3 fully saturated rings. The number of rotatable bonds is 16. The predicted molar refractivity (Wildman–Crippen MR) is 167 cm³/mol. The SMILES string of the molecule is C=CCCCOC(=O)[C@H]1[C@H]2C(=O)N([C@@H](CO)Cc3ccccc3)C(C(=O)N(CC=C)CCCCC)C23CC(Br)[C@@H]1S3. The van der Waals surface area contributed by atoms with Crippen molar-refractivity contribution in [2.45, 2.75) is 78.8 Å². The van der Waals surface area contributed by atoms with Gasteiger partial charge in [0.05, 0.1) is 35.8 Å². The van der Waals surface area contributed by atoms with Crippen molar-refractivity contribution in [3.8, 4) is 0 Å². The van der Waals surface area contributed by atoms with Crippen molar-refractivity contribution in [2.75, 3.05) is 26.3 Å². The fraction of sp³-hybridized carbons (Fsp3) is 0.594. The van der Waals surface area contributed by atoms with Crippen molar-refractivity contribution < 1.29 is 24.2 Å². The number of ether oxygens (including phenoxy) is 1. The molecule has 41 heavy (non-hydrogen) atoms. The number of aliphatic hydroxyl groups is 1. The average Bonchev–Trinajstić information content (AvgIpc) is 3.57. The van der Waals surface area contributed by atoms with Gasteiger partial charge in [0.1, 0.15) is 6.04 Å². The van der Waals surface area contributed by atoms with Crippen LogP contribution in [0.3, 0.4) is 0 Å². The van der Waals surface area contributed by atoms with Gasteiger partial charge in [-0.3, -0.25) is 14.4 Å². The minimum absolute atomic E-state index is 0.0350. The van der Waals surface area contributed by atoms with E-state index < -0.39 is 28.7 Å². The van der Waals surface area contributed by atoms with Crippen LogP contribution in [0.2, 0.25) is 0 Å². The summed E-state index contributed by atoms with van der Waals surface area (Å²) < 4.78 is 4.91. The summed E-state index contributed by atoms with van der Waals surface area (Å²) in [6.07, 6.45) is 8.81. The quantitative estimate of drug-likeness (QED) is 0.121. The lowest BCUT2D eigenvalue weighted by Gasteiger charge is -2.40. The molecule has 0 radical (unpaired) electrons. The molecule has 4 rings (SSSR count). The van der Waals surface area contributed by atoms with Crippen LogP contribution in [0.5, 0.6) is 0 Å². The largest absolute Gasteiger partial charge is 0.465 e. The number of unbranched alkanes of at least 4 members (excludes halogenated alkanes) is 3. The van der Waals surface area contributed by atoms with Crippen LogP contribution in [0.25, 0.3) is 0 Å². The van der Waals surface area contributed by atoms with Crippen LogP contribution < -0.4 is 0 Å². The molecule has 3 aliphatic heterocycles. The Kier molecular flexibility index (Phi) is 11.2. The van der Waals surface area contributed by atoms with Crippen molar-refractivity contribution in [2.24, 2.45) is 11.8 Å². The third-order valence-corrected chi connectivity index (χ3v) is 11.9. The Bertz CT molecular complexity index is 1100. The summed E-state index contributed by atoms with van der Waals surface area (Å²) in [7, 11) is 0. The number of allylic oxidation sites excluding steroid dienone is 1. The highest BCUT2D eigenvalue weighted by molar-refractivity contribution is 9.09. The first-order valence-electron chi connectivity index (χ1n) is 14.8. The summed E-state index contributed by atoms with van der Waals surface area (Å²) in [5, 5.41) is 10.5. The van der Waals surface area contributed by atoms with Crippen molar-refractivity contribution in [3.63, 3.8) is 0 Å². The highest BCUT2D eigenvalue weighted by Gasteiger charge is 2.76. The summed E-state index contributed by atoms with van der Waals surface area (Å²) in [4.78, 5) is 46.0. The van der Waals surface area contributed by atoms with Crippen LogP contribution in [0.4, 0.5) is 0 Å². The van der Waals surface area contributed by atoms with E-state index in [9.17, 15) is 19.5 Å². The van der Waals surface area contributed by atoms with E-state index in [1.165, 1.54) is 0 Å². The molecule has 1 aromatic carbocycles. The topological polar surface area (TPSA) is 87.1 Å². The molecule has 3 aliphatic rings. The maximum absolute atomic E-state index is 14.6. The van der Waals surface area contributed by atoms with Crippen LogP contribution in [-0.2, 0) is 25.5 Å². The molecule has 7 nitrogen and oxygen atoms in total. The Morgan fingerprint density at radius 1 is 1.24 bits per heavy atom. The Balaban J connectivity index is 1.73. The maximum Gasteiger partial charge on any atom is 0.310 e. The third kappa shape index (κ3) is 6.32. The van der Waals surface area contributed by atoms with E-state index in [0.717, 1.165) is 31.2 Å². The van der Waals surface area contributed by atoms with Gasteiger partial charge in [0, 0.05) is 23.2 Å². The zero-order valence-corrected chi connectivity index (χ0v) is 26.4. The highest BCUT2D eigenvalue weighted by atomic mass is 79.9. The number of halogens is 1. The summed E-state index contributed by atoms with van der Waals surface area (Å²) in [6.45, 7) is 10.7. The first-order valence-corrected chi connectivity index (χ1v) is 16.6. The summed E-state index contributed by atoms with van der Waals surface area (Å²) in [6, 6.07) is 8.31. The average molecular weight is 648 g/mol. The van der Waals surface area contributed by atoms with E-state index in [4.69, 9.17) is 4.74 Å². The number of hydrogen-bond acceptors (Lipinski definition) is 6. The van der Waals surface area contributed by atoms with Crippen molar-refractivity contribution in [1.29, 1.82) is 0 Å².